The highest BCUT2D eigenvalue weighted by Gasteiger charge is 2.28. The summed E-state index contributed by atoms with van der Waals surface area (Å²) in [4.78, 5) is 40.2. The molecule has 6 saturated carbocycles. The van der Waals surface area contributed by atoms with Crippen LogP contribution in [0.1, 0.15) is 266 Å². The zero-order chi connectivity index (χ0) is 93.7. The first kappa shape index (κ1) is 108. The highest BCUT2D eigenvalue weighted by Crippen LogP contribution is 2.42. The highest BCUT2D eigenvalue weighted by molar-refractivity contribution is 7.58. The molecule has 6 aliphatic rings. The minimum Gasteiger partial charge on any atom is -0.443 e. The van der Waals surface area contributed by atoms with E-state index in [-0.39, 0.29) is 49.0 Å². The van der Waals surface area contributed by atoms with Crippen LogP contribution >= 0.6 is 39.2 Å². The van der Waals surface area contributed by atoms with E-state index in [9.17, 15) is 29.5 Å². The second kappa shape index (κ2) is 60.2. The fourth-order valence-corrected chi connectivity index (χ4v) is 17.6. The Morgan fingerprint density at radius 3 is 1.43 bits per heavy atom. The van der Waals surface area contributed by atoms with E-state index < -0.39 is 18.2 Å². The zero-order valence-corrected chi connectivity index (χ0v) is 81.0. The summed E-state index contributed by atoms with van der Waals surface area (Å²) in [5.74, 6) is 4.26. The molecule has 0 aliphatic heterocycles. The first-order valence-corrected chi connectivity index (χ1v) is 51.1. The lowest BCUT2D eigenvalue weighted by atomic mass is 9.97. The van der Waals surface area contributed by atoms with Gasteiger partial charge in [0, 0.05) is 112 Å². The molecule has 3 unspecified atom stereocenters. The largest absolute Gasteiger partial charge is 0.443 e. The number of aromatic nitrogens is 15. The zero-order valence-electron chi connectivity index (χ0n) is 77.6. The van der Waals surface area contributed by atoms with E-state index in [1.807, 2.05) is 131 Å². The average molecular weight is 1850 g/mol. The average Bonchev–Trinajstić information content (AvgIpc) is 1.66. The summed E-state index contributed by atoms with van der Waals surface area (Å²) in [5.41, 5.74) is 6.75. The number of carbonyl (C=O) groups is 3. The molecule has 15 rings (SSSR count). The van der Waals surface area contributed by atoms with Crippen molar-refractivity contribution in [2.24, 2.45) is 46.3 Å². The van der Waals surface area contributed by atoms with Crippen LogP contribution in [0, 0.1) is 98.2 Å². The molecule has 129 heavy (non-hydrogen) atoms. The van der Waals surface area contributed by atoms with E-state index in [1.165, 1.54) is 161 Å². The van der Waals surface area contributed by atoms with Crippen molar-refractivity contribution in [2.45, 2.75) is 279 Å². The SMILES string of the molecule is CC(C)(C)C(=O)OCn1ccc2c(-c3cn[nH]c3)cnnc21.CC(C)(C)C(=O)OCn1ccc2c(-c3cnn(C(CC#N)CC4CCCC4)c3)cnnc21.CCOP(C)(=O)CC#N.CPC.ClCCl.N#C/C=C/CC1CCCC1.N#CCC(CC1CCCC1)n1cc(-c2cnnc3[nH]ccc23)cn1.O=CCC1CCCC1.OCCC1CCCC1.[C-]#[N+]/C=C/CC1CCCC1. The molecule has 3 N–H and O–H groups in total. The Morgan fingerprint density at radius 1 is 0.612 bits per heavy atom. The predicted octanol–water partition coefficient (Wildman–Crippen LogP) is 23.9. The van der Waals surface area contributed by atoms with Crippen molar-refractivity contribution in [2.75, 3.05) is 44.7 Å². The minimum atomic E-state index is -2.55. The van der Waals surface area contributed by atoms with E-state index in [4.69, 9.17) is 59.4 Å². The van der Waals surface area contributed by atoms with E-state index in [0.717, 1.165) is 138 Å². The van der Waals surface area contributed by atoms with Crippen LogP contribution in [0.15, 0.2) is 117 Å². The van der Waals surface area contributed by atoms with Gasteiger partial charge in [-0.2, -0.15) is 51.6 Å². The van der Waals surface area contributed by atoms with E-state index in [2.05, 4.69) is 86.3 Å². The van der Waals surface area contributed by atoms with Crippen molar-refractivity contribution in [1.29, 1.82) is 21.0 Å². The number of H-pyrrole nitrogens is 2. The van der Waals surface area contributed by atoms with Gasteiger partial charge in [0.25, 0.3) is 0 Å². The van der Waals surface area contributed by atoms with Crippen molar-refractivity contribution in [3.8, 4) is 57.7 Å². The van der Waals surface area contributed by atoms with Crippen molar-refractivity contribution in [3.05, 3.63) is 128 Å². The Morgan fingerprint density at radius 2 is 1.03 bits per heavy atom. The van der Waals surface area contributed by atoms with Gasteiger partial charge in [-0.15, -0.1) is 47.1 Å². The van der Waals surface area contributed by atoms with Crippen LogP contribution in [0.4, 0.5) is 0 Å². The predicted molar refractivity (Wildman–Crippen MR) is 514 cm³/mol. The van der Waals surface area contributed by atoms with Gasteiger partial charge in [0.05, 0.1) is 116 Å². The molecule has 28 nitrogen and oxygen atoms in total. The number of allylic oxidation sites excluding steroid dienone is 3. The molecule has 0 aromatic carbocycles. The normalized spacial score (nSPS) is 16.2. The van der Waals surface area contributed by atoms with Gasteiger partial charge >= 0.3 is 11.9 Å². The number of ether oxygens (including phenoxy) is 2. The quantitative estimate of drug-likeness (QED) is 0.0113. The van der Waals surface area contributed by atoms with Gasteiger partial charge in [-0.1, -0.05) is 166 Å². The molecule has 9 heterocycles. The second-order valence-electron chi connectivity index (χ2n) is 35.8. The number of alkyl halides is 2. The van der Waals surface area contributed by atoms with Crippen molar-refractivity contribution >= 4 is 90.5 Å². The molecule has 32 heteroatoms. The lowest BCUT2D eigenvalue weighted by Gasteiger charge is -2.18. The maximum atomic E-state index is 12.1. The van der Waals surface area contributed by atoms with Gasteiger partial charge in [0.15, 0.2) is 30.4 Å². The number of aromatic amines is 2. The second-order valence-corrected chi connectivity index (χ2v) is 40.2. The number of nitrogens with zero attached hydrogens (tertiary/aromatic N) is 18. The van der Waals surface area contributed by atoms with Gasteiger partial charge in [-0.25, -0.2) is 4.85 Å². The van der Waals surface area contributed by atoms with Gasteiger partial charge in [0.1, 0.15) is 18.6 Å². The summed E-state index contributed by atoms with van der Waals surface area (Å²) in [5, 5.41) is 87.1. The summed E-state index contributed by atoms with van der Waals surface area (Å²) >= 11 is 9.53. The van der Waals surface area contributed by atoms with Crippen LogP contribution in [0.2, 0.25) is 0 Å². The number of aliphatic hydroxyl groups is 1. The van der Waals surface area contributed by atoms with Crippen LogP contribution in [0.5, 0.6) is 0 Å². The Hall–Kier alpha value is -9.81. The van der Waals surface area contributed by atoms with Crippen molar-refractivity contribution < 1.29 is 38.1 Å². The number of hydrogen-bond donors (Lipinski definition) is 3. The number of carbonyl (C=O) groups excluding carboxylic acids is 3. The molecule has 6 aliphatic carbocycles. The van der Waals surface area contributed by atoms with Gasteiger partial charge in [-0.3, -0.25) is 37.8 Å². The van der Waals surface area contributed by atoms with Gasteiger partial charge in [-0.05, 0) is 148 Å². The van der Waals surface area contributed by atoms with Crippen LogP contribution in [0.25, 0.3) is 71.3 Å². The van der Waals surface area contributed by atoms with Crippen LogP contribution in [0.3, 0.4) is 0 Å². The number of nitriles is 4. The number of aldehydes is 1. The van der Waals surface area contributed by atoms with Gasteiger partial charge in [0.2, 0.25) is 7.37 Å². The van der Waals surface area contributed by atoms with E-state index in [1.54, 1.807) is 65.4 Å². The monoisotopic (exact) mass is 1840 g/mol. The Kier molecular flexibility index (Phi) is 50.4. The fraction of sp³-hybridized carbons (Fsp3) is 0.598. The summed E-state index contributed by atoms with van der Waals surface area (Å²) in [6.45, 7) is 26.0. The Labute approximate surface area is 776 Å². The summed E-state index contributed by atoms with van der Waals surface area (Å²) in [7, 11) is -1.47. The molecule has 0 amide bonds. The molecule has 0 saturated heterocycles. The smallest absolute Gasteiger partial charge is 0.312 e. The first-order chi connectivity index (χ1) is 62.4. The lowest BCUT2D eigenvalue weighted by molar-refractivity contribution is -0.157. The van der Waals surface area contributed by atoms with Crippen molar-refractivity contribution in [1.82, 2.24) is 74.5 Å². The molecule has 3 atom stereocenters. The third-order valence-corrected chi connectivity index (χ3v) is 25.0. The Bertz CT molecular complexity index is 4990. The third-order valence-electron chi connectivity index (χ3n) is 23.5. The van der Waals surface area contributed by atoms with E-state index in [0.29, 0.717) is 43.3 Å². The third kappa shape index (κ3) is 38.6. The molecule has 698 valence electrons. The fourth-order valence-electron chi connectivity index (χ4n) is 16.7. The van der Waals surface area contributed by atoms with Crippen LogP contribution < -0.4 is 0 Å². The maximum Gasteiger partial charge on any atom is 0.312 e. The molecule has 0 radical (unpaired) electrons. The molecule has 0 spiro atoms. The molecule has 9 aromatic heterocycles. The molecule has 0 bridgehead atoms. The van der Waals surface area contributed by atoms with E-state index >= 15 is 0 Å². The van der Waals surface area contributed by atoms with Crippen LogP contribution in [-0.2, 0) is 46.4 Å². The van der Waals surface area contributed by atoms with Crippen LogP contribution in [-0.4, -0.2) is 143 Å². The number of esters is 2. The minimum absolute atomic E-state index is 0.0147. The number of fused-ring (bicyclic) bond motifs is 3. The Balaban J connectivity index is 0.000000238. The number of rotatable bonds is 26. The summed E-state index contributed by atoms with van der Waals surface area (Å²) in [6, 6.07) is 14.6. The molecule has 6 fully saturated rings. The summed E-state index contributed by atoms with van der Waals surface area (Å²) < 4.78 is 34.0. The molecular formula is C97H138Cl2N20O8P2. The molecular weight excluding hydrogens is 1710 g/mol. The number of nitrogens with one attached hydrogen (secondary N) is 2. The number of halogens is 2. The van der Waals surface area contributed by atoms with Gasteiger partial charge < -0.3 is 28.9 Å². The number of hydrogen-bond acceptors (Lipinski definition) is 21. The summed E-state index contributed by atoms with van der Waals surface area (Å²) in [6.07, 6.45) is 69.5. The van der Waals surface area contributed by atoms with Crippen molar-refractivity contribution in [3.63, 3.8) is 0 Å². The highest BCUT2D eigenvalue weighted by atomic mass is 35.5. The number of aliphatic hydroxyl groups excluding tert-OH is 1. The maximum absolute atomic E-state index is 12.1. The topological polar surface area (TPSA) is 383 Å². The lowest BCUT2D eigenvalue weighted by Crippen LogP contribution is -2.23. The first-order valence-electron chi connectivity index (χ1n) is 45.8. The molecule has 9 aromatic rings. The standard InChI is InChI=1S/C24H30N6O2.C18H20N6.C15H17N5O2.2C9H13N.C7H14O.C7H12O.C5H10NO2P.C2H7P.CH2Cl2/c1-24(2,3)23(31)32-16-29-11-9-20-21(14-26-28-22(20)29)18-13-27-30(15-18)19(8-10-25)12-17-6-4-5-7-17;19-7-5-15(9-13-3-1-2-4-13)24-12-14(10-22-24)17-11-21-23-18-16(17)6-8-20-18;1-15(2,3)14(21)22-9-20-5-4-11-12(8-18-19-13(11)20)10-6-16-17-7-10;1-10-8-4-7-9-5-2-3-6-9;10-8-4-3-7-9-5-1-2-6-9;2*8-6-5-7-3-1-2-4-7;1-3-8-9(2,7)5-4-6;1-3-2;2-1-3/h9,11,13-15,17,19H,4-8,12,16H2,1-3H3;6,8,10-13,15H,1-5,9H2,(H,20,23);4-8H,9H2,1-3H3,(H,16,17);4,8-9H,2-3,5-7H2;3-4,9H,1-2,5-7H2;7-8H,1-6H2;6-7H,1-5H2;3,5H2,1-2H3;3H,1-2H3;1H2/b;;;8-4+;4-3+;;;;;.